The average molecular weight is 405 g/mol. The zero-order valence-electron chi connectivity index (χ0n) is 15.4. The van der Waals surface area contributed by atoms with E-state index in [0.717, 1.165) is 16.1 Å². The molecule has 2 aromatic heterocycles. The lowest BCUT2D eigenvalue weighted by molar-refractivity contribution is 0.102. The van der Waals surface area contributed by atoms with Gasteiger partial charge in [-0.05, 0) is 55.5 Å². The van der Waals surface area contributed by atoms with Crippen LogP contribution >= 0.6 is 11.3 Å². The molecule has 0 saturated carbocycles. The van der Waals surface area contributed by atoms with Gasteiger partial charge in [-0.3, -0.25) is 10.1 Å². The van der Waals surface area contributed by atoms with Gasteiger partial charge in [0.15, 0.2) is 5.13 Å². The number of ether oxygens (including phenoxy) is 1. The topological polar surface area (TPSA) is 64.1 Å². The lowest BCUT2D eigenvalue weighted by Crippen LogP contribution is -2.11. The molecule has 0 saturated heterocycles. The van der Waals surface area contributed by atoms with Crippen LogP contribution in [0, 0.1) is 12.7 Å². The zero-order chi connectivity index (χ0) is 20.2. The molecular weight excluding hydrogens is 389 g/mol. The maximum atomic E-state index is 13.1. The third-order valence-corrected chi connectivity index (χ3v) is 4.98. The first-order valence-corrected chi connectivity index (χ1v) is 9.64. The number of carbonyl (C=O) groups excluding carboxylic acids is 1. The second-order valence-electron chi connectivity index (χ2n) is 6.18. The van der Waals surface area contributed by atoms with Gasteiger partial charge in [0.25, 0.3) is 5.91 Å². The number of carbonyl (C=O) groups is 1. The number of halogens is 1. The Hall–Kier alpha value is -3.58. The van der Waals surface area contributed by atoms with E-state index in [0.29, 0.717) is 22.3 Å². The Morgan fingerprint density at radius 2 is 1.90 bits per heavy atom. The van der Waals surface area contributed by atoms with Gasteiger partial charge in [0, 0.05) is 28.3 Å². The number of benzene rings is 2. The number of pyridine rings is 1. The minimum Gasteiger partial charge on any atom is -0.439 e. The number of aryl methyl sites for hydroxylation is 1. The Morgan fingerprint density at radius 3 is 2.66 bits per heavy atom. The number of anilines is 1. The van der Waals surface area contributed by atoms with Crippen molar-refractivity contribution in [3.05, 3.63) is 89.2 Å². The summed E-state index contributed by atoms with van der Waals surface area (Å²) in [6.45, 7) is 1.91. The second kappa shape index (κ2) is 8.20. The smallest absolute Gasteiger partial charge is 0.257 e. The van der Waals surface area contributed by atoms with Crippen molar-refractivity contribution in [2.75, 3.05) is 5.32 Å². The molecule has 4 aromatic rings. The van der Waals surface area contributed by atoms with Crippen molar-refractivity contribution in [3.8, 4) is 22.9 Å². The van der Waals surface area contributed by atoms with Crippen LogP contribution in [0.2, 0.25) is 0 Å². The van der Waals surface area contributed by atoms with Gasteiger partial charge in [0.2, 0.25) is 5.88 Å². The fraction of sp³-hybridized carbons (Fsp3) is 0.0455. The Balaban J connectivity index is 1.50. The summed E-state index contributed by atoms with van der Waals surface area (Å²) >= 11 is 1.37. The summed E-state index contributed by atoms with van der Waals surface area (Å²) in [6, 6.07) is 18.3. The van der Waals surface area contributed by atoms with Crippen LogP contribution in [0.1, 0.15) is 15.2 Å². The van der Waals surface area contributed by atoms with Crippen molar-refractivity contribution >= 4 is 22.4 Å². The molecule has 0 atom stereocenters. The molecule has 0 aliphatic rings. The van der Waals surface area contributed by atoms with Gasteiger partial charge >= 0.3 is 0 Å². The number of thiazole rings is 1. The number of nitrogens with one attached hydrogen (secondary N) is 1. The summed E-state index contributed by atoms with van der Waals surface area (Å²) in [5, 5.41) is 3.29. The number of aromatic nitrogens is 2. The SMILES string of the molecule is Cc1sc(NC(=O)c2cccc(Oc3ccccn3)c2)nc1-c1ccc(F)cc1. The Kier molecular flexibility index (Phi) is 5.31. The lowest BCUT2D eigenvalue weighted by atomic mass is 10.1. The Morgan fingerprint density at radius 1 is 1.07 bits per heavy atom. The first kappa shape index (κ1) is 18.8. The van der Waals surface area contributed by atoms with Crippen LogP contribution < -0.4 is 10.1 Å². The van der Waals surface area contributed by atoms with E-state index in [1.807, 2.05) is 13.0 Å². The molecular formula is C22H16FN3O2S. The van der Waals surface area contributed by atoms with Gasteiger partial charge in [-0.1, -0.05) is 12.1 Å². The zero-order valence-corrected chi connectivity index (χ0v) is 16.2. The van der Waals surface area contributed by atoms with Crippen molar-refractivity contribution in [1.82, 2.24) is 9.97 Å². The minimum absolute atomic E-state index is 0.295. The van der Waals surface area contributed by atoms with Gasteiger partial charge in [-0.25, -0.2) is 14.4 Å². The second-order valence-corrected chi connectivity index (χ2v) is 7.39. The quantitative estimate of drug-likeness (QED) is 0.463. The van der Waals surface area contributed by atoms with Gasteiger partial charge in [0.05, 0.1) is 5.69 Å². The van der Waals surface area contributed by atoms with E-state index in [1.165, 1.54) is 23.5 Å². The highest BCUT2D eigenvalue weighted by atomic mass is 32.1. The molecule has 0 unspecified atom stereocenters. The van der Waals surface area contributed by atoms with Crippen LogP contribution in [0.25, 0.3) is 11.3 Å². The van der Waals surface area contributed by atoms with Gasteiger partial charge in [0.1, 0.15) is 11.6 Å². The number of rotatable bonds is 5. The van der Waals surface area contributed by atoms with Gasteiger partial charge in [-0.15, -0.1) is 11.3 Å². The molecule has 0 aliphatic heterocycles. The van der Waals surface area contributed by atoms with E-state index in [9.17, 15) is 9.18 Å². The van der Waals surface area contributed by atoms with Crippen LogP contribution in [0.3, 0.4) is 0 Å². The van der Waals surface area contributed by atoms with Crippen molar-refractivity contribution in [3.63, 3.8) is 0 Å². The van der Waals surface area contributed by atoms with Crippen molar-refractivity contribution in [2.45, 2.75) is 6.92 Å². The van der Waals surface area contributed by atoms with E-state index < -0.39 is 0 Å². The third kappa shape index (κ3) is 4.47. The molecule has 0 fully saturated rings. The predicted molar refractivity (Wildman–Crippen MR) is 111 cm³/mol. The van der Waals surface area contributed by atoms with Crippen LogP contribution in [0.15, 0.2) is 72.9 Å². The summed E-state index contributed by atoms with van der Waals surface area (Å²) in [5.74, 6) is 0.363. The molecule has 144 valence electrons. The predicted octanol–water partition coefficient (Wildman–Crippen LogP) is 5.70. The fourth-order valence-corrected chi connectivity index (χ4v) is 3.55. The number of hydrogen-bond donors (Lipinski definition) is 1. The summed E-state index contributed by atoms with van der Waals surface area (Å²) in [5.41, 5.74) is 1.96. The summed E-state index contributed by atoms with van der Waals surface area (Å²) in [4.78, 5) is 22.2. The molecule has 1 amide bonds. The van der Waals surface area contributed by atoms with E-state index >= 15 is 0 Å². The van der Waals surface area contributed by atoms with Crippen molar-refractivity contribution in [1.29, 1.82) is 0 Å². The average Bonchev–Trinajstić information content (AvgIpc) is 3.09. The molecule has 4 rings (SSSR count). The Labute approximate surface area is 170 Å². The highest BCUT2D eigenvalue weighted by Gasteiger charge is 2.14. The van der Waals surface area contributed by atoms with Crippen LogP contribution in [-0.2, 0) is 0 Å². The molecule has 2 aromatic carbocycles. The molecule has 7 heteroatoms. The van der Waals surface area contributed by atoms with Gasteiger partial charge in [-0.2, -0.15) is 0 Å². The first-order valence-electron chi connectivity index (χ1n) is 8.82. The number of nitrogens with zero attached hydrogens (tertiary/aromatic N) is 2. The summed E-state index contributed by atoms with van der Waals surface area (Å²) in [7, 11) is 0. The maximum absolute atomic E-state index is 13.1. The van der Waals surface area contributed by atoms with Crippen LogP contribution in [0.4, 0.5) is 9.52 Å². The van der Waals surface area contributed by atoms with E-state index in [2.05, 4.69) is 15.3 Å². The third-order valence-electron chi connectivity index (χ3n) is 4.09. The number of amides is 1. The number of hydrogen-bond acceptors (Lipinski definition) is 5. The van der Waals surface area contributed by atoms with Gasteiger partial charge < -0.3 is 4.74 Å². The Bertz CT molecular complexity index is 1140. The molecule has 0 radical (unpaired) electrons. The maximum Gasteiger partial charge on any atom is 0.257 e. The summed E-state index contributed by atoms with van der Waals surface area (Å²) < 4.78 is 18.8. The minimum atomic E-state index is -0.303. The lowest BCUT2D eigenvalue weighted by Gasteiger charge is -2.06. The monoisotopic (exact) mass is 405 g/mol. The highest BCUT2D eigenvalue weighted by molar-refractivity contribution is 7.16. The fourth-order valence-electron chi connectivity index (χ4n) is 2.72. The molecule has 29 heavy (non-hydrogen) atoms. The van der Waals surface area contributed by atoms with E-state index in [-0.39, 0.29) is 11.7 Å². The van der Waals surface area contributed by atoms with Crippen LogP contribution in [0.5, 0.6) is 11.6 Å². The van der Waals surface area contributed by atoms with Crippen LogP contribution in [-0.4, -0.2) is 15.9 Å². The van der Waals surface area contributed by atoms with E-state index in [1.54, 1.807) is 54.7 Å². The van der Waals surface area contributed by atoms with Crippen molar-refractivity contribution < 1.29 is 13.9 Å². The largest absolute Gasteiger partial charge is 0.439 e. The van der Waals surface area contributed by atoms with E-state index in [4.69, 9.17) is 4.74 Å². The molecule has 2 heterocycles. The highest BCUT2D eigenvalue weighted by Crippen LogP contribution is 2.31. The first-order chi connectivity index (χ1) is 14.1. The molecule has 0 spiro atoms. The molecule has 5 nitrogen and oxygen atoms in total. The molecule has 0 bridgehead atoms. The van der Waals surface area contributed by atoms with Crippen molar-refractivity contribution in [2.24, 2.45) is 0 Å². The normalized spacial score (nSPS) is 10.6. The molecule has 0 aliphatic carbocycles. The summed E-state index contributed by atoms with van der Waals surface area (Å²) in [6.07, 6.45) is 1.63. The standard InChI is InChI=1S/C22H16FN3O2S/c1-14-20(15-8-10-17(23)11-9-15)25-22(29-14)26-21(27)16-5-4-6-18(13-16)28-19-7-2-3-12-24-19/h2-13H,1H3,(H,25,26,27). The molecule has 1 N–H and O–H groups in total.